The summed E-state index contributed by atoms with van der Waals surface area (Å²) in [6.07, 6.45) is 0.502. The highest BCUT2D eigenvalue weighted by molar-refractivity contribution is 5.91. The highest BCUT2D eigenvalue weighted by Gasteiger charge is 2.37. The van der Waals surface area contributed by atoms with Crippen molar-refractivity contribution in [2.45, 2.75) is 18.9 Å². The Bertz CT molecular complexity index is 817. The van der Waals surface area contributed by atoms with Crippen LogP contribution >= 0.6 is 0 Å². The maximum Gasteiger partial charge on any atom is 0.338 e. The van der Waals surface area contributed by atoms with E-state index in [0.29, 0.717) is 23.7 Å². The molecule has 0 aliphatic heterocycles. The van der Waals surface area contributed by atoms with Crippen LogP contribution in [-0.4, -0.2) is 46.0 Å². The van der Waals surface area contributed by atoms with E-state index in [9.17, 15) is 9.70 Å². The third-order valence-electron chi connectivity index (χ3n) is 4.98. The zero-order chi connectivity index (χ0) is 21.4. The van der Waals surface area contributed by atoms with Crippen molar-refractivity contribution >= 4 is 5.97 Å². The van der Waals surface area contributed by atoms with Crippen molar-refractivity contribution in [1.29, 1.82) is 0 Å². The molecule has 0 heterocycles. The molecule has 0 saturated carbocycles. The summed E-state index contributed by atoms with van der Waals surface area (Å²) >= 11 is 0. The topological polar surface area (TPSA) is 86.7 Å². The van der Waals surface area contributed by atoms with Crippen molar-refractivity contribution < 1.29 is 23.7 Å². The Morgan fingerprint density at radius 3 is 2.07 bits per heavy atom. The highest BCUT2D eigenvalue weighted by Crippen LogP contribution is 2.39. The molecule has 8 heteroatoms. The van der Waals surface area contributed by atoms with E-state index in [-0.39, 0.29) is 12.2 Å². The van der Waals surface area contributed by atoms with E-state index in [2.05, 4.69) is 5.29 Å². The number of esters is 1. The number of nitrogens with zero attached hydrogens (tertiary/aromatic N) is 2. The van der Waals surface area contributed by atoms with Crippen molar-refractivity contribution in [1.82, 2.24) is 5.01 Å². The first-order chi connectivity index (χ1) is 14.0. The van der Waals surface area contributed by atoms with Gasteiger partial charge in [-0.15, -0.1) is 4.91 Å². The summed E-state index contributed by atoms with van der Waals surface area (Å²) < 4.78 is 21.4. The van der Waals surface area contributed by atoms with E-state index in [0.717, 1.165) is 5.56 Å². The summed E-state index contributed by atoms with van der Waals surface area (Å²) in [5.74, 6) is 0.478. The van der Waals surface area contributed by atoms with E-state index >= 15 is 0 Å². The number of methoxy groups -OCH3 is 3. The van der Waals surface area contributed by atoms with Gasteiger partial charge in [0.05, 0.1) is 32.2 Å². The molecule has 0 amide bonds. The molecule has 0 N–H and O–H groups in total. The first-order valence-corrected chi connectivity index (χ1v) is 9.07. The van der Waals surface area contributed by atoms with Gasteiger partial charge < -0.3 is 18.9 Å². The highest BCUT2D eigenvalue weighted by atomic mass is 16.6. The lowest BCUT2D eigenvalue weighted by atomic mass is 9.87. The first kappa shape index (κ1) is 22.0. The smallest absolute Gasteiger partial charge is 0.338 e. The van der Waals surface area contributed by atoms with Crippen LogP contribution in [0.4, 0.5) is 0 Å². The fourth-order valence-electron chi connectivity index (χ4n) is 3.19. The molecule has 8 nitrogen and oxygen atoms in total. The molecule has 2 rings (SSSR count). The van der Waals surface area contributed by atoms with Gasteiger partial charge in [0.15, 0.2) is 11.5 Å². The van der Waals surface area contributed by atoms with Crippen LogP contribution in [0.1, 0.15) is 29.3 Å². The third kappa shape index (κ3) is 4.42. The van der Waals surface area contributed by atoms with Crippen molar-refractivity contribution in [3.8, 4) is 17.2 Å². The molecule has 0 aliphatic carbocycles. The molecular formula is C21H26N2O6. The molecule has 0 saturated heterocycles. The second-order valence-corrected chi connectivity index (χ2v) is 6.35. The number of hydrogen-bond acceptors (Lipinski definition) is 7. The predicted octanol–water partition coefficient (Wildman–Crippen LogP) is 3.79. The molecule has 1 unspecified atom stereocenters. The lowest BCUT2D eigenvalue weighted by Crippen LogP contribution is -2.44. The molecule has 0 fully saturated rings. The fourth-order valence-corrected chi connectivity index (χ4v) is 3.19. The van der Waals surface area contributed by atoms with Crippen molar-refractivity contribution in [3.63, 3.8) is 0 Å². The molecule has 2 aromatic carbocycles. The number of likely N-dealkylation sites (N-methyl/N-ethyl adjacent to an activating group) is 1. The van der Waals surface area contributed by atoms with Gasteiger partial charge in [-0.1, -0.05) is 37.3 Å². The molecule has 2 aromatic rings. The number of rotatable bonds is 10. The van der Waals surface area contributed by atoms with Gasteiger partial charge in [-0.3, -0.25) is 0 Å². The Morgan fingerprint density at radius 1 is 1.03 bits per heavy atom. The Kier molecular flexibility index (Phi) is 7.41. The molecular weight excluding hydrogens is 379 g/mol. The maximum absolute atomic E-state index is 12.8. The zero-order valence-electron chi connectivity index (χ0n) is 17.3. The number of nitroso groups, excluding NO2 is 1. The minimum atomic E-state index is -0.890. The van der Waals surface area contributed by atoms with Gasteiger partial charge >= 0.3 is 5.97 Å². The van der Waals surface area contributed by atoms with Gasteiger partial charge in [0.1, 0.15) is 12.1 Å². The normalized spacial score (nSPS) is 12.4. The zero-order valence-corrected chi connectivity index (χ0v) is 17.3. The van der Waals surface area contributed by atoms with Crippen LogP contribution in [0, 0.1) is 4.91 Å². The van der Waals surface area contributed by atoms with Crippen LogP contribution in [0.2, 0.25) is 0 Å². The Balaban J connectivity index is 2.35. The molecule has 1 atom stereocenters. The van der Waals surface area contributed by atoms with Crippen molar-refractivity contribution in [2.24, 2.45) is 5.29 Å². The lowest BCUT2D eigenvalue weighted by Gasteiger charge is -2.37. The minimum absolute atomic E-state index is 0.0642. The molecule has 156 valence electrons. The third-order valence-corrected chi connectivity index (χ3v) is 4.98. The van der Waals surface area contributed by atoms with Crippen LogP contribution in [0.25, 0.3) is 0 Å². The van der Waals surface area contributed by atoms with Crippen LogP contribution in [-0.2, 0) is 10.3 Å². The van der Waals surface area contributed by atoms with Crippen LogP contribution in [0.5, 0.6) is 17.2 Å². The Labute approximate surface area is 170 Å². The summed E-state index contributed by atoms with van der Waals surface area (Å²) in [5.41, 5.74) is 0.167. The summed E-state index contributed by atoms with van der Waals surface area (Å²) in [6, 6.07) is 12.4. The van der Waals surface area contributed by atoms with Crippen molar-refractivity contribution in [2.75, 3.05) is 35.0 Å². The van der Waals surface area contributed by atoms with E-state index < -0.39 is 11.5 Å². The van der Waals surface area contributed by atoms with E-state index in [1.807, 2.05) is 37.3 Å². The van der Waals surface area contributed by atoms with Gasteiger partial charge in [0.2, 0.25) is 5.75 Å². The summed E-state index contributed by atoms with van der Waals surface area (Å²) in [6.45, 7) is 1.84. The number of ether oxygens (including phenoxy) is 4. The van der Waals surface area contributed by atoms with Gasteiger partial charge in [-0.25, -0.2) is 9.80 Å². The fraction of sp³-hybridized carbons (Fsp3) is 0.381. The minimum Gasteiger partial charge on any atom is -0.493 e. The average molecular weight is 405 g/mol. The van der Waals surface area contributed by atoms with Crippen LogP contribution < -0.4 is 14.2 Å². The average Bonchev–Trinajstić information content (AvgIpc) is 2.78. The Morgan fingerprint density at radius 2 is 1.62 bits per heavy atom. The molecule has 0 aromatic heterocycles. The van der Waals surface area contributed by atoms with E-state index in [4.69, 9.17) is 18.9 Å². The second-order valence-electron chi connectivity index (χ2n) is 6.35. The summed E-state index contributed by atoms with van der Waals surface area (Å²) in [7, 11) is 5.98. The summed E-state index contributed by atoms with van der Waals surface area (Å²) in [5, 5.41) is 4.35. The SMILES string of the molecule is CCC(COC(=O)c1cc(O[13CH3])c(O[13CH3])c(O[13CH3])c1)(c1ccccc1)N(C)N=O. The maximum atomic E-state index is 12.8. The monoisotopic (exact) mass is 405 g/mol. The van der Waals surface area contributed by atoms with Gasteiger partial charge in [0, 0.05) is 7.05 Å². The second kappa shape index (κ2) is 9.77. The standard InChI is InChI=1S/C21H26N2O6/c1-6-21(23(2)22-25,16-10-8-7-9-11-16)14-29-20(24)15-12-17(26-3)19(28-5)18(13-15)27-4/h7-13H,6,14H2,1-5H3/i3+1,4+1,5+1. The Hall–Kier alpha value is -3.29. The first-order valence-electron chi connectivity index (χ1n) is 9.07. The predicted molar refractivity (Wildman–Crippen MR) is 108 cm³/mol. The summed E-state index contributed by atoms with van der Waals surface area (Å²) in [4.78, 5) is 24.1. The van der Waals surface area contributed by atoms with Crippen LogP contribution in [0.3, 0.4) is 0 Å². The molecule has 0 radical (unpaired) electrons. The number of hydrogen-bond donors (Lipinski definition) is 0. The number of benzene rings is 2. The van der Waals surface area contributed by atoms with Crippen molar-refractivity contribution in [3.05, 3.63) is 58.5 Å². The molecule has 29 heavy (non-hydrogen) atoms. The number of carbonyl (C=O) groups is 1. The van der Waals surface area contributed by atoms with Gasteiger partial charge in [0.25, 0.3) is 0 Å². The number of carbonyl (C=O) groups excluding carboxylic acids is 1. The molecule has 0 aliphatic rings. The van der Waals surface area contributed by atoms with Gasteiger partial charge in [-0.2, -0.15) is 0 Å². The largest absolute Gasteiger partial charge is 0.493 e. The quantitative estimate of drug-likeness (QED) is 0.257. The van der Waals surface area contributed by atoms with E-state index in [1.54, 1.807) is 7.05 Å². The lowest BCUT2D eigenvalue weighted by molar-refractivity contribution is 0.00393. The molecule has 0 bridgehead atoms. The van der Waals surface area contributed by atoms with Gasteiger partial charge in [-0.05, 0) is 24.1 Å². The molecule has 0 spiro atoms. The van der Waals surface area contributed by atoms with E-state index in [1.165, 1.54) is 38.5 Å². The van der Waals surface area contributed by atoms with Crippen LogP contribution in [0.15, 0.2) is 47.8 Å².